The Bertz CT molecular complexity index is 1320. The van der Waals surface area contributed by atoms with Crippen LogP contribution in [0.1, 0.15) is 54.1 Å². The minimum atomic E-state index is -0.675. The molecule has 1 aromatic heterocycles. The minimum Gasteiger partial charge on any atom is -0.505 e. The average Bonchev–Trinajstić information content (AvgIpc) is 3.52. The zero-order chi connectivity index (χ0) is 24.7. The Morgan fingerprint density at radius 2 is 1.94 bits per heavy atom. The van der Waals surface area contributed by atoms with Gasteiger partial charge in [-0.15, -0.1) is 0 Å². The van der Waals surface area contributed by atoms with Crippen molar-refractivity contribution >= 4 is 23.0 Å². The third-order valence-electron chi connectivity index (χ3n) is 7.14. The largest absolute Gasteiger partial charge is 0.505 e. The Kier molecular flexibility index (Phi) is 6.10. The second kappa shape index (κ2) is 9.22. The van der Waals surface area contributed by atoms with E-state index < -0.39 is 10.9 Å². The molecule has 1 amide bonds. The molecule has 0 aliphatic carbocycles. The Morgan fingerprint density at radius 1 is 1.14 bits per heavy atom. The summed E-state index contributed by atoms with van der Waals surface area (Å²) in [5.74, 6) is 0.950. The molecule has 9 nitrogen and oxygen atoms in total. The summed E-state index contributed by atoms with van der Waals surface area (Å²) in [5, 5.41) is 16.9. The molecule has 0 radical (unpaired) electrons. The molecule has 35 heavy (non-hydrogen) atoms. The number of hydrogen-bond donors (Lipinski definition) is 3. The molecule has 2 atom stereocenters. The van der Waals surface area contributed by atoms with Crippen LogP contribution in [0, 0.1) is 6.92 Å². The fourth-order valence-corrected chi connectivity index (χ4v) is 5.14. The van der Waals surface area contributed by atoms with Crippen LogP contribution in [0.25, 0.3) is 0 Å². The third-order valence-corrected chi connectivity index (χ3v) is 7.14. The van der Waals surface area contributed by atoms with Gasteiger partial charge in [0.1, 0.15) is 22.9 Å². The van der Waals surface area contributed by atoms with E-state index in [1.165, 1.54) is 0 Å². The summed E-state index contributed by atoms with van der Waals surface area (Å²) in [4.78, 5) is 42.1. The molecule has 3 aromatic rings. The van der Waals surface area contributed by atoms with Gasteiger partial charge in [0.05, 0.1) is 17.3 Å². The van der Waals surface area contributed by atoms with Crippen LogP contribution in [0.4, 0.5) is 17.1 Å². The van der Waals surface area contributed by atoms with Gasteiger partial charge in [0.15, 0.2) is 5.75 Å². The zero-order valence-corrected chi connectivity index (χ0v) is 20.0. The number of hydrogen-bond acceptors (Lipinski definition) is 8. The number of aryl methyl sites for hydroxylation is 1. The number of fused-ring (bicyclic) bond motifs is 1. The lowest BCUT2D eigenvalue weighted by molar-refractivity contribution is 0.0568. The van der Waals surface area contributed by atoms with Crippen molar-refractivity contribution in [2.45, 2.75) is 45.2 Å². The standard InChI is InChI=1S/C26H30N4O5/c1-3-18(20-10-9-15(2)35-20)27-21-22(25(33)24(21)32)28-19-8-4-7-17(23(19)31)26(34)30-13-12-29-11-5-6-16(29)14-30/h4,7-10,16,18,27-28,31H,3,5-6,11-14H2,1-2H3/t16?,18-/m1/s1. The molecular formula is C26H30N4O5. The van der Waals surface area contributed by atoms with E-state index in [4.69, 9.17) is 4.42 Å². The lowest BCUT2D eigenvalue weighted by Crippen LogP contribution is -2.52. The maximum Gasteiger partial charge on any atom is 0.257 e. The molecule has 0 bridgehead atoms. The Morgan fingerprint density at radius 3 is 2.69 bits per heavy atom. The predicted octanol–water partition coefficient (Wildman–Crippen LogP) is 3.12. The zero-order valence-electron chi connectivity index (χ0n) is 20.0. The van der Waals surface area contributed by atoms with E-state index >= 15 is 0 Å². The molecule has 0 spiro atoms. The van der Waals surface area contributed by atoms with Gasteiger partial charge in [-0.2, -0.15) is 0 Å². The van der Waals surface area contributed by atoms with Crippen LogP contribution in [-0.4, -0.2) is 53.0 Å². The number of nitrogens with one attached hydrogen (secondary N) is 2. The number of amides is 1. The van der Waals surface area contributed by atoms with Crippen molar-refractivity contribution < 1.29 is 14.3 Å². The van der Waals surface area contributed by atoms with Crippen molar-refractivity contribution in [2.24, 2.45) is 0 Å². The van der Waals surface area contributed by atoms with Crippen molar-refractivity contribution in [3.05, 3.63) is 67.9 Å². The number of furan rings is 1. The Hall–Kier alpha value is -3.59. The molecule has 1 unspecified atom stereocenters. The molecule has 3 N–H and O–H groups in total. The van der Waals surface area contributed by atoms with Crippen LogP contribution in [0.5, 0.6) is 5.75 Å². The molecule has 2 aliphatic rings. The fraction of sp³-hybridized carbons (Fsp3) is 0.423. The van der Waals surface area contributed by atoms with E-state index in [1.54, 1.807) is 23.1 Å². The van der Waals surface area contributed by atoms with Gasteiger partial charge in [-0.25, -0.2) is 0 Å². The van der Waals surface area contributed by atoms with Crippen LogP contribution in [-0.2, 0) is 0 Å². The fourth-order valence-electron chi connectivity index (χ4n) is 5.14. The van der Waals surface area contributed by atoms with Gasteiger partial charge in [-0.05, 0) is 57.0 Å². The highest BCUT2D eigenvalue weighted by atomic mass is 16.3. The molecule has 3 heterocycles. The molecule has 0 saturated carbocycles. The van der Waals surface area contributed by atoms with Crippen LogP contribution >= 0.6 is 0 Å². The van der Waals surface area contributed by atoms with E-state index in [0.29, 0.717) is 31.3 Å². The maximum absolute atomic E-state index is 13.2. The SMILES string of the molecule is CC[C@@H](Nc1c(Nc2cccc(C(=O)N3CCN4CCCC4C3)c2O)c(=O)c1=O)c1ccc(C)o1. The summed E-state index contributed by atoms with van der Waals surface area (Å²) in [5.41, 5.74) is -0.720. The second-order valence-electron chi connectivity index (χ2n) is 9.37. The average molecular weight is 479 g/mol. The van der Waals surface area contributed by atoms with E-state index in [9.17, 15) is 19.5 Å². The molecule has 2 aliphatic heterocycles. The molecule has 2 aromatic carbocycles. The van der Waals surface area contributed by atoms with Crippen molar-refractivity contribution in [1.29, 1.82) is 0 Å². The molecule has 184 valence electrons. The number of benzene rings is 1. The third kappa shape index (κ3) is 4.20. The summed E-state index contributed by atoms with van der Waals surface area (Å²) in [7, 11) is 0. The quantitative estimate of drug-likeness (QED) is 0.351. The van der Waals surface area contributed by atoms with Gasteiger partial charge in [0, 0.05) is 25.7 Å². The van der Waals surface area contributed by atoms with E-state index in [2.05, 4.69) is 15.5 Å². The van der Waals surface area contributed by atoms with Crippen molar-refractivity contribution in [3.8, 4) is 5.75 Å². The monoisotopic (exact) mass is 478 g/mol. The lowest BCUT2D eigenvalue weighted by Gasteiger charge is -2.37. The first-order valence-corrected chi connectivity index (χ1v) is 12.2. The number of piperazine rings is 1. The van der Waals surface area contributed by atoms with Crippen molar-refractivity contribution in [1.82, 2.24) is 9.80 Å². The van der Waals surface area contributed by atoms with Crippen LogP contribution in [0.2, 0.25) is 0 Å². The molecular weight excluding hydrogens is 448 g/mol. The lowest BCUT2D eigenvalue weighted by atomic mass is 10.1. The topological polar surface area (TPSA) is 115 Å². The van der Waals surface area contributed by atoms with Gasteiger partial charge in [-0.1, -0.05) is 13.0 Å². The van der Waals surface area contributed by atoms with E-state index in [0.717, 1.165) is 31.7 Å². The number of carbonyl (C=O) groups excluding carboxylic acids is 1. The number of rotatable bonds is 7. The number of nitrogens with zero attached hydrogens (tertiary/aromatic N) is 2. The highest BCUT2D eigenvalue weighted by Gasteiger charge is 2.34. The summed E-state index contributed by atoms with van der Waals surface area (Å²) < 4.78 is 5.68. The number of para-hydroxylation sites is 1. The summed E-state index contributed by atoms with van der Waals surface area (Å²) in [6, 6.07) is 8.57. The van der Waals surface area contributed by atoms with Crippen LogP contribution in [0.3, 0.4) is 0 Å². The number of phenolic OH excluding ortho intramolecular Hbond substituents is 1. The van der Waals surface area contributed by atoms with Gasteiger partial charge in [0.2, 0.25) is 0 Å². The van der Waals surface area contributed by atoms with Crippen molar-refractivity contribution in [2.75, 3.05) is 36.8 Å². The van der Waals surface area contributed by atoms with Crippen molar-refractivity contribution in [3.63, 3.8) is 0 Å². The second-order valence-corrected chi connectivity index (χ2v) is 9.37. The van der Waals surface area contributed by atoms with E-state index in [-0.39, 0.29) is 40.3 Å². The first-order valence-electron chi connectivity index (χ1n) is 12.2. The van der Waals surface area contributed by atoms with Gasteiger partial charge < -0.3 is 25.1 Å². The first kappa shape index (κ1) is 23.2. The number of aromatic hydroxyl groups is 1. The summed E-state index contributed by atoms with van der Waals surface area (Å²) in [6.07, 6.45) is 2.86. The number of anilines is 3. The van der Waals surface area contributed by atoms with Crippen LogP contribution in [0.15, 0.2) is 44.3 Å². The van der Waals surface area contributed by atoms with Gasteiger partial charge >= 0.3 is 0 Å². The maximum atomic E-state index is 13.2. The number of carbonyl (C=O) groups is 1. The molecule has 2 fully saturated rings. The highest BCUT2D eigenvalue weighted by Crippen LogP contribution is 2.34. The highest BCUT2D eigenvalue weighted by molar-refractivity contribution is 5.99. The minimum absolute atomic E-state index is 0.0659. The summed E-state index contributed by atoms with van der Waals surface area (Å²) in [6.45, 7) is 6.96. The van der Waals surface area contributed by atoms with Crippen LogP contribution < -0.4 is 21.5 Å². The molecule has 9 heteroatoms. The smallest absolute Gasteiger partial charge is 0.257 e. The van der Waals surface area contributed by atoms with E-state index in [1.807, 2.05) is 26.0 Å². The Balaban J connectivity index is 1.36. The number of phenols is 1. The summed E-state index contributed by atoms with van der Waals surface area (Å²) >= 11 is 0. The Labute approximate surface area is 203 Å². The normalized spacial score (nSPS) is 19.0. The van der Waals surface area contributed by atoms with Gasteiger partial charge in [0.25, 0.3) is 16.8 Å². The molecule has 5 rings (SSSR count). The molecule has 2 saturated heterocycles. The predicted molar refractivity (Wildman–Crippen MR) is 133 cm³/mol. The van der Waals surface area contributed by atoms with Gasteiger partial charge in [-0.3, -0.25) is 19.3 Å². The first-order chi connectivity index (χ1) is 16.9.